The Morgan fingerprint density at radius 3 is 2.44 bits per heavy atom. The average molecular weight is 252 g/mol. The van der Waals surface area contributed by atoms with Gasteiger partial charge in [-0.15, -0.1) is 12.3 Å². The minimum Gasteiger partial charge on any atom is -0.465 e. The number of esters is 1. The van der Waals surface area contributed by atoms with Crippen LogP contribution in [-0.4, -0.2) is 13.1 Å². The Balaban J connectivity index is 2.82. The summed E-state index contributed by atoms with van der Waals surface area (Å²) >= 11 is 0. The molecule has 4 heteroatoms. The summed E-state index contributed by atoms with van der Waals surface area (Å²) in [5, 5.41) is 0. The van der Waals surface area contributed by atoms with Gasteiger partial charge in [0.05, 0.1) is 12.7 Å². The third-order valence-corrected chi connectivity index (χ3v) is 2.56. The maximum absolute atomic E-state index is 13.6. The predicted molar refractivity (Wildman–Crippen MR) is 64.1 cm³/mol. The van der Waals surface area contributed by atoms with Gasteiger partial charge in [0.1, 0.15) is 11.6 Å². The van der Waals surface area contributed by atoms with Crippen LogP contribution in [0, 0.1) is 24.0 Å². The van der Waals surface area contributed by atoms with Crippen molar-refractivity contribution >= 4 is 5.97 Å². The molecular weight excluding hydrogens is 238 g/mol. The Morgan fingerprint density at radius 2 is 1.94 bits per heavy atom. The molecule has 0 saturated carbocycles. The lowest BCUT2D eigenvalue weighted by atomic mass is 10.0. The van der Waals surface area contributed by atoms with Crippen LogP contribution in [0.25, 0.3) is 0 Å². The molecule has 0 aliphatic carbocycles. The number of halogens is 2. The van der Waals surface area contributed by atoms with Gasteiger partial charge in [0.25, 0.3) is 0 Å². The highest BCUT2D eigenvalue weighted by Crippen LogP contribution is 2.18. The lowest BCUT2D eigenvalue weighted by Crippen LogP contribution is -2.05. The normalized spacial score (nSPS) is 9.89. The Hall–Kier alpha value is -1.89. The zero-order valence-corrected chi connectivity index (χ0v) is 10.1. The van der Waals surface area contributed by atoms with E-state index in [1.165, 1.54) is 0 Å². The maximum atomic E-state index is 13.6. The molecule has 0 saturated heterocycles. The second kappa shape index (κ2) is 6.75. The molecule has 0 aliphatic rings. The molecule has 0 fully saturated rings. The van der Waals surface area contributed by atoms with Crippen molar-refractivity contribution in [2.45, 2.75) is 25.7 Å². The van der Waals surface area contributed by atoms with E-state index in [4.69, 9.17) is 6.42 Å². The van der Waals surface area contributed by atoms with Gasteiger partial charge in [-0.05, 0) is 31.4 Å². The Labute approximate surface area is 105 Å². The molecule has 2 nitrogen and oxygen atoms in total. The van der Waals surface area contributed by atoms with Crippen LogP contribution in [0.2, 0.25) is 0 Å². The summed E-state index contributed by atoms with van der Waals surface area (Å²) in [5.41, 5.74) is -0.139. The zero-order chi connectivity index (χ0) is 13.5. The number of carbonyl (C=O) groups is 1. The van der Waals surface area contributed by atoms with Crippen LogP contribution >= 0.6 is 0 Å². The molecule has 1 aromatic carbocycles. The van der Waals surface area contributed by atoms with Crippen molar-refractivity contribution in [3.8, 4) is 12.3 Å². The minimum atomic E-state index is -0.758. The fourth-order valence-corrected chi connectivity index (χ4v) is 1.61. The van der Waals surface area contributed by atoms with E-state index < -0.39 is 17.6 Å². The van der Waals surface area contributed by atoms with Crippen molar-refractivity contribution < 1.29 is 18.3 Å². The predicted octanol–water partition coefficient (Wildman–Crippen LogP) is 3.10. The quantitative estimate of drug-likeness (QED) is 0.457. The molecule has 0 unspecified atom stereocenters. The molecule has 0 spiro atoms. The van der Waals surface area contributed by atoms with Crippen molar-refractivity contribution in [1.29, 1.82) is 0 Å². The van der Waals surface area contributed by atoms with Gasteiger partial charge < -0.3 is 4.74 Å². The van der Waals surface area contributed by atoms with E-state index in [1.54, 1.807) is 0 Å². The van der Waals surface area contributed by atoms with Crippen molar-refractivity contribution in [3.05, 3.63) is 34.9 Å². The first-order chi connectivity index (χ1) is 8.60. The molecule has 1 aromatic rings. The molecule has 0 radical (unpaired) electrons. The maximum Gasteiger partial charge on any atom is 0.338 e. The van der Waals surface area contributed by atoms with Gasteiger partial charge in [-0.1, -0.05) is 0 Å². The highest BCUT2D eigenvalue weighted by Gasteiger charge is 2.15. The molecule has 1 rings (SSSR count). The van der Waals surface area contributed by atoms with Crippen molar-refractivity contribution in [1.82, 2.24) is 0 Å². The van der Waals surface area contributed by atoms with Gasteiger partial charge in [0.2, 0.25) is 0 Å². The molecular formula is C14H14F2O2. The number of carbonyl (C=O) groups excluding carboxylic acids is 1. The second-order valence-corrected chi connectivity index (χ2v) is 3.82. The highest BCUT2D eigenvalue weighted by atomic mass is 19.1. The fraction of sp³-hybridized carbons (Fsp3) is 0.357. The standard InChI is InChI=1S/C14H14F2O2/c1-3-4-5-6-7-11-12(15)8-10(9-13(11)16)14(17)18-2/h1,8-9H,4-7H2,2H3. The summed E-state index contributed by atoms with van der Waals surface area (Å²) < 4.78 is 31.7. The molecule has 0 bridgehead atoms. The molecule has 0 aromatic heterocycles. The number of hydrogen-bond acceptors (Lipinski definition) is 2. The molecule has 0 N–H and O–H groups in total. The second-order valence-electron chi connectivity index (χ2n) is 3.82. The average Bonchev–Trinajstić information content (AvgIpc) is 2.35. The number of rotatable bonds is 5. The third-order valence-electron chi connectivity index (χ3n) is 2.56. The van der Waals surface area contributed by atoms with Crippen molar-refractivity contribution in [2.75, 3.05) is 7.11 Å². The van der Waals surface area contributed by atoms with Gasteiger partial charge >= 0.3 is 5.97 Å². The largest absolute Gasteiger partial charge is 0.465 e. The minimum absolute atomic E-state index is 0.0142. The van der Waals surface area contributed by atoms with Crippen LogP contribution in [0.5, 0.6) is 0 Å². The Bertz CT molecular complexity index is 452. The lowest BCUT2D eigenvalue weighted by molar-refractivity contribution is 0.0599. The van der Waals surface area contributed by atoms with E-state index >= 15 is 0 Å². The van der Waals surface area contributed by atoms with Crippen LogP contribution in [0.3, 0.4) is 0 Å². The van der Waals surface area contributed by atoms with E-state index in [0.29, 0.717) is 19.3 Å². The number of ether oxygens (including phenoxy) is 1. The summed E-state index contributed by atoms with van der Waals surface area (Å²) in [6.07, 6.45) is 7.26. The summed E-state index contributed by atoms with van der Waals surface area (Å²) in [7, 11) is 1.16. The summed E-state index contributed by atoms with van der Waals surface area (Å²) in [6.45, 7) is 0. The third kappa shape index (κ3) is 3.56. The van der Waals surface area contributed by atoms with Gasteiger partial charge in [-0.3, -0.25) is 0 Å². The Kier molecular flexibility index (Phi) is 5.31. The van der Waals surface area contributed by atoms with E-state index in [1.807, 2.05) is 0 Å². The lowest BCUT2D eigenvalue weighted by Gasteiger charge is -2.07. The van der Waals surface area contributed by atoms with E-state index in [0.717, 1.165) is 19.2 Å². The van der Waals surface area contributed by atoms with Crippen LogP contribution < -0.4 is 0 Å². The smallest absolute Gasteiger partial charge is 0.338 e. The van der Waals surface area contributed by atoms with E-state index in [2.05, 4.69) is 10.7 Å². The summed E-state index contributed by atoms with van der Waals surface area (Å²) in [4.78, 5) is 11.2. The van der Waals surface area contributed by atoms with Crippen LogP contribution in [-0.2, 0) is 11.2 Å². The molecule has 0 amide bonds. The number of methoxy groups -OCH3 is 1. The SMILES string of the molecule is C#CCCCCc1c(F)cc(C(=O)OC)cc1F. The van der Waals surface area contributed by atoms with Crippen LogP contribution in [0.15, 0.2) is 12.1 Å². The number of unbranched alkanes of at least 4 members (excludes halogenated alkanes) is 2. The molecule has 0 atom stereocenters. The van der Waals surface area contributed by atoms with Gasteiger partial charge in [0.15, 0.2) is 0 Å². The summed E-state index contributed by atoms with van der Waals surface area (Å²) in [6, 6.07) is 1.98. The zero-order valence-electron chi connectivity index (χ0n) is 10.1. The number of terminal acetylenes is 1. The molecule has 0 aliphatic heterocycles. The monoisotopic (exact) mass is 252 g/mol. The van der Waals surface area contributed by atoms with Crippen molar-refractivity contribution in [2.24, 2.45) is 0 Å². The Morgan fingerprint density at radius 1 is 1.33 bits per heavy atom. The fourth-order valence-electron chi connectivity index (χ4n) is 1.61. The number of hydrogen-bond donors (Lipinski definition) is 0. The van der Waals surface area contributed by atoms with E-state index in [9.17, 15) is 13.6 Å². The number of benzene rings is 1. The van der Waals surface area contributed by atoms with Gasteiger partial charge in [0, 0.05) is 12.0 Å². The van der Waals surface area contributed by atoms with E-state index in [-0.39, 0.29) is 17.5 Å². The first-order valence-electron chi connectivity index (χ1n) is 5.59. The molecule has 96 valence electrons. The first-order valence-corrected chi connectivity index (χ1v) is 5.59. The van der Waals surface area contributed by atoms with Gasteiger partial charge in [-0.25, -0.2) is 13.6 Å². The van der Waals surface area contributed by atoms with Crippen LogP contribution in [0.1, 0.15) is 35.2 Å². The topological polar surface area (TPSA) is 26.3 Å². The first kappa shape index (κ1) is 14.2. The highest BCUT2D eigenvalue weighted by molar-refractivity contribution is 5.89. The van der Waals surface area contributed by atoms with Gasteiger partial charge in [-0.2, -0.15) is 0 Å². The summed E-state index contributed by atoms with van der Waals surface area (Å²) in [5.74, 6) is 0.257. The molecule has 0 heterocycles. The van der Waals surface area contributed by atoms with Crippen molar-refractivity contribution in [3.63, 3.8) is 0 Å². The molecule has 18 heavy (non-hydrogen) atoms. The van der Waals surface area contributed by atoms with Crippen LogP contribution in [0.4, 0.5) is 8.78 Å².